The fourth-order valence-corrected chi connectivity index (χ4v) is 3.05. The second kappa shape index (κ2) is 4.76. The van der Waals surface area contributed by atoms with E-state index in [0.29, 0.717) is 17.6 Å². The predicted octanol–water partition coefficient (Wildman–Crippen LogP) is 2.46. The van der Waals surface area contributed by atoms with Crippen LogP contribution in [-0.2, 0) is 0 Å². The molecule has 2 atom stereocenters. The Morgan fingerprint density at radius 2 is 2.11 bits per heavy atom. The van der Waals surface area contributed by atoms with E-state index in [1.807, 2.05) is 13.8 Å². The van der Waals surface area contributed by atoms with Gasteiger partial charge >= 0.3 is 5.97 Å². The molecule has 100 valence electrons. The third kappa shape index (κ3) is 2.17. The average molecular weight is 250 g/mol. The number of aromatic nitrogens is 1. The largest absolute Gasteiger partial charge is 0.478 e. The molecule has 1 aliphatic heterocycles. The first-order chi connectivity index (χ1) is 8.41. The van der Waals surface area contributed by atoms with Gasteiger partial charge in [0.15, 0.2) is 0 Å². The Hall–Kier alpha value is -1.29. The van der Waals surface area contributed by atoms with Crippen LogP contribution in [0.15, 0.2) is 6.07 Å². The molecule has 1 aromatic heterocycles. The van der Waals surface area contributed by atoms with E-state index in [1.54, 1.807) is 6.07 Å². The Labute approximate surface area is 108 Å². The summed E-state index contributed by atoms with van der Waals surface area (Å²) in [4.78, 5) is 13.5. The van der Waals surface area contributed by atoms with Crippen LogP contribution in [0.4, 0.5) is 0 Å². The molecule has 0 aliphatic carbocycles. The van der Waals surface area contributed by atoms with Crippen molar-refractivity contribution in [1.82, 2.24) is 9.47 Å². The van der Waals surface area contributed by atoms with E-state index in [2.05, 4.69) is 23.4 Å². The van der Waals surface area contributed by atoms with E-state index >= 15 is 0 Å². The number of carboxylic acid groups (broad SMARTS) is 1. The molecule has 1 N–H and O–H groups in total. The number of piperidine rings is 1. The van der Waals surface area contributed by atoms with Gasteiger partial charge in [0.05, 0.1) is 5.56 Å². The Morgan fingerprint density at radius 3 is 2.61 bits per heavy atom. The molecule has 0 amide bonds. The van der Waals surface area contributed by atoms with Crippen molar-refractivity contribution < 1.29 is 9.90 Å². The number of likely N-dealkylation sites (tertiary alicyclic amines) is 1. The molecule has 0 aromatic carbocycles. The minimum Gasteiger partial charge on any atom is -0.478 e. The molecule has 0 radical (unpaired) electrons. The Kier molecular flexibility index (Phi) is 3.48. The van der Waals surface area contributed by atoms with Crippen molar-refractivity contribution >= 4 is 5.97 Å². The zero-order valence-corrected chi connectivity index (χ0v) is 11.6. The number of hydrogen-bond acceptors (Lipinski definition) is 2. The highest BCUT2D eigenvalue weighted by Crippen LogP contribution is 2.30. The lowest BCUT2D eigenvalue weighted by Crippen LogP contribution is -2.38. The third-order valence-electron chi connectivity index (χ3n) is 4.26. The van der Waals surface area contributed by atoms with Crippen LogP contribution in [0.1, 0.15) is 47.6 Å². The van der Waals surface area contributed by atoms with Crippen LogP contribution >= 0.6 is 0 Å². The van der Waals surface area contributed by atoms with Crippen molar-refractivity contribution in [2.45, 2.75) is 45.7 Å². The summed E-state index contributed by atoms with van der Waals surface area (Å²) < 4.78 is 2.22. The molecular formula is C14H22N2O2. The minimum absolute atomic E-state index is 0.435. The molecule has 4 nitrogen and oxygen atoms in total. The van der Waals surface area contributed by atoms with Crippen LogP contribution < -0.4 is 0 Å². The summed E-state index contributed by atoms with van der Waals surface area (Å²) in [5, 5.41) is 9.17. The van der Waals surface area contributed by atoms with Crippen molar-refractivity contribution in [1.29, 1.82) is 0 Å². The molecule has 18 heavy (non-hydrogen) atoms. The number of aryl methyl sites for hydroxylation is 1. The summed E-state index contributed by atoms with van der Waals surface area (Å²) >= 11 is 0. The molecule has 0 bridgehead atoms. The van der Waals surface area contributed by atoms with E-state index in [-0.39, 0.29) is 0 Å². The molecule has 2 unspecified atom stereocenters. The number of carbonyl (C=O) groups is 1. The summed E-state index contributed by atoms with van der Waals surface area (Å²) in [6, 6.07) is 2.78. The van der Waals surface area contributed by atoms with E-state index < -0.39 is 5.97 Å². The lowest BCUT2D eigenvalue weighted by molar-refractivity contribution is 0.0695. The maximum absolute atomic E-state index is 11.2. The van der Waals surface area contributed by atoms with Gasteiger partial charge in [-0.05, 0) is 46.7 Å². The first kappa shape index (κ1) is 13.1. The summed E-state index contributed by atoms with van der Waals surface area (Å²) in [5.74, 6) is -0.824. The van der Waals surface area contributed by atoms with Gasteiger partial charge < -0.3 is 14.6 Å². The number of rotatable bonds is 2. The molecule has 1 aromatic rings. The van der Waals surface area contributed by atoms with Gasteiger partial charge in [-0.3, -0.25) is 0 Å². The monoisotopic (exact) mass is 250 g/mol. The summed E-state index contributed by atoms with van der Waals surface area (Å²) in [6.07, 6.45) is 2.18. The zero-order chi connectivity index (χ0) is 13.4. The van der Waals surface area contributed by atoms with Crippen molar-refractivity contribution in [2.24, 2.45) is 0 Å². The van der Waals surface area contributed by atoms with Crippen LogP contribution in [0.25, 0.3) is 0 Å². The van der Waals surface area contributed by atoms with Crippen molar-refractivity contribution in [3.8, 4) is 0 Å². The lowest BCUT2D eigenvalue weighted by atomic mass is 9.98. The van der Waals surface area contributed by atoms with Crippen LogP contribution in [0.2, 0.25) is 0 Å². The van der Waals surface area contributed by atoms with Crippen molar-refractivity contribution in [3.63, 3.8) is 0 Å². The summed E-state index contributed by atoms with van der Waals surface area (Å²) in [7, 11) is 2.15. The fourth-order valence-electron chi connectivity index (χ4n) is 3.05. The highest BCUT2D eigenvalue weighted by atomic mass is 16.4. The number of nitrogens with zero attached hydrogens (tertiary/aromatic N) is 2. The van der Waals surface area contributed by atoms with E-state index in [1.165, 1.54) is 0 Å². The molecule has 1 fully saturated rings. The van der Waals surface area contributed by atoms with Crippen molar-refractivity contribution in [3.05, 3.63) is 23.0 Å². The summed E-state index contributed by atoms with van der Waals surface area (Å²) in [6.45, 7) is 7.23. The highest BCUT2D eigenvalue weighted by Gasteiger charge is 2.27. The quantitative estimate of drug-likeness (QED) is 0.877. The van der Waals surface area contributed by atoms with Crippen molar-refractivity contribution in [2.75, 3.05) is 13.6 Å². The first-order valence-electron chi connectivity index (χ1n) is 6.53. The van der Waals surface area contributed by atoms with Crippen LogP contribution in [0.3, 0.4) is 0 Å². The Balaban J connectivity index is 2.31. The molecule has 2 heterocycles. The van der Waals surface area contributed by atoms with Gasteiger partial charge in [-0.25, -0.2) is 4.79 Å². The standard InChI is InChI=1S/C14H22N2O2/c1-9-7-12(5-6-15(9)4)16-10(2)8-13(11(16)3)14(17)18/h8-9,12H,5-7H2,1-4H3,(H,17,18). The second-order valence-corrected chi connectivity index (χ2v) is 5.47. The van der Waals surface area contributed by atoms with Gasteiger partial charge in [0.25, 0.3) is 0 Å². The topological polar surface area (TPSA) is 45.5 Å². The third-order valence-corrected chi connectivity index (χ3v) is 4.26. The fraction of sp³-hybridized carbons (Fsp3) is 0.643. The normalized spacial score (nSPS) is 25.3. The number of hydrogen-bond donors (Lipinski definition) is 1. The molecule has 2 rings (SSSR count). The van der Waals surface area contributed by atoms with Gasteiger partial charge in [-0.2, -0.15) is 0 Å². The predicted molar refractivity (Wildman–Crippen MR) is 71.2 cm³/mol. The van der Waals surface area contributed by atoms with E-state index in [0.717, 1.165) is 30.8 Å². The maximum atomic E-state index is 11.2. The SMILES string of the molecule is Cc1cc(C(=O)O)c(C)n1C1CCN(C)C(C)C1. The van der Waals surface area contributed by atoms with E-state index in [4.69, 9.17) is 0 Å². The highest BCUT2D eigenvalue weighted by molar-refractivity contribution is 5.89. The summed E-state index contributed by atoms with van der Waals surface area (Å²) in [5.41, 5.74) is 2.40. The average Bonchev–Trinajstić information content (AvgIpc) is 2.59. The molecule has 0 spiro atoms. The number of aromatic carboxylic acids is 1. The Morgan fingerprint density at radius 1 is 1.44 bits per heavy atom. The molecule has 4 heteroatoms. The van der Waals surface area contributed by atoms with Crippen LogP contribution in [0.5, 0.6) is 0 Å². The Bertz CT molecular complexity index is 465. The van der Waals surface area contributed by atoms with Crippen LogP contribution in [-0.4, -0.2) is 40.2 Å². The van der Waals surface area contributed by atoms with Gasteiger partial charge in [0.2, 0.25) is 0 Å². The molecule has 0 saturated carbocycles. The minimum atomic E-state index is -0.824. The van der Waals surface area contributed by atoms with E-state index in [9.17, 15) is 9.90 Å². The van der Waals surface area contributed by atoms with Gasteiger partial charge in [-0.1, -0.05) is 0 Å². The smallest absolute Gasteiger partial charge is 0.337 e. The first-order valence-corrected chi connectivity index (χ1v) is 6.53. The van der Waals surface area contributed by atoms with Crippen LogP contribution in [0, 0.1) is 13.8 Å². The molecule has 1 saturated heterocycles. The van der Waals surface area contributed by atoms with Gasteiger partial charge in [0.1, 0.15) is 0 Å². The second-order valence-electron chi connectivity index (χ2n) is 5.47. The molecular weight excluding hydrogens is 228 g/mol. The van der Waals surface area contributed by atoms with Gasteiger partial charge in [0, 0.05) is 30.0 Å². The lowest BCUT2D eigenvalue weighted by Gasteiger charge is -2.37. The molecule has 1 aliphatic rings. The maximum Gasteiger partial charge on any atom is 0.337 e. The number of carboxylic acids is 1. The van der Waals surface area contributed by atoms with Gasteiger partial charge in [-0.15, -0.1) is 0 Å². The zero-order valence-electron chi connectivity index (χ0n) is 11.6.